The number of carbonyl (C=O) groups is 1. The lowest BCUT2D eigenvalue weighted by Crippen LogP contribution is -2.23. The Morgan fingerprint density at radius 1 is 1.58 bits per heavy atom. The van der Waals surface area contributed by atoms with E-state index in [2.05, 4.69) is 9.26 Å². The van der Waals surface area contributed by atoms with Gasteiger partial charge in [0, 0.05) is 4.57 Å². The summed E-state index contributed by atoms with van der Waals surface area (Å²) in [5.41, 5.74) is 0. The van der Waals surface area contributed by atoms with Gasteiger partial charge in [0.05, 0.1) is 6.61 Å². The van der Waals surface area contributed by atoms with Crippen LogP contribution in [0.5, 0.6) is 0 Å². The standard InChI is InChI=1S/C6H11O5P/c1-3-5(11-12(8)9)6(7)10-4-2/h5H,3-4H2,1-2H3/p+1. The molecular formula is C6H12O5P+. The molecule has 0 aromatic carbocycles. The summed E-state index contributed by atoms with van der Waals surface area (Å²) >= 11 is 0. The van der Waals surface area contributed by atoms with Crippen molar-refractivity contribution < 1.29 is 23.5 Å². The largest absolute Gasteiger partial charge is 0.695 e. The number of hydrogen-bond donors (Lipinski definition) is 1. The van der Waals surface area contributed by atoms with E-state index in [0.717, 1.165) is 0 Å². The second-order valence-corrected chi connectivity index (χ2v) is 2.68. The van der Waals surface area contributed by atoms with Gasteiger partial charge in [-0.3, -0.25) is 0 Å². The second kappa shape index (κ2) is 6.06. The first-order chi connectivity index (χ1) is 5.61. The number of ether oxygens (including phenoxy) is 1. The van der Waals surface area contributed by atoms with E-state index in [1.807, 2.05) is 0 Å². The van der Waals surface area contributed by atoms with Crippen LogP contribution in [-0.2, 0) is 18.6 Å². The van der Waals surface area contributed by atoms with E-state index in [0.29, 0.717) is 6.42 Å². The third-order valence-corrected chi connectivity index (χ3v) is 1.57. The summed E-state index contributed by atoms with van der Waals surface area (Å²) in [5, 5.41) is 0. The van der Waals surface area contributed by atoms with Gasteiger partial charge in [-0.2, -0.15) is 0 Å². The topological polar surface area (TPSA) is 72.8 Å². The van der Waals surface area contributed by atoms with Crippen molar-refractivity contribution >= 4 is 14.2 Å². The van der Waals surface area contributed by atoms with Crippen molar-refractivity contribution in [1.29, 1.82) is 0 Å². The van der Waals surface area contributed by atoms with Crippen LogP contribution in [0.4, 0.5) is 0 Å². The molecule has 70 valence electrons. The van der Waals surface area contributed by atoms with Gasteiger partial charge in [0.1, 0.15) is 0 Å². The average molecular weight is 195 g/mol. The lowest BCUT2D eigenvalue weighted by atomic mass is 10.3. The van der Waals surface area contributed by atoms with E-state index in [1.54, 1.807) is 13.8 Å². The fourth-order valence-electron chi connectivity index (χ4n) is 0.628. The highest BCUT2D eigenvalue weighted by molar-refractivity contribution is 7.32. The second-order valence-electron chi connectivity index (χ2n) is 1.99. The van der Waals surface area contributed by atoms with Crippen molar-refractivity contribution in [3.8, 4) is 0 Å². The molecule has 12 heavy (non-hydrogen) atoms. The Labute approximate surface area is 71.6 Å². The minimum Gasteiger partial charge on any atom is -0.464 e. The lowest BCUT2D eigenvalue weighted by Gasteiger charge is -2.05. The molecule has 0 aromatic heterocycles. The van der Waals surface area contributed by atoms with E-state index in [9.17, 15) is 9.36 Å². The van der Waals surface area contributed by atoms with Crippen LogP contribution in [0.25, 0.3) is 0 Å². The molecule has 0 aromatic rings. The zero-order chi connectivity index (χ0) is 9.56. The normalized spacial score (nSPS) is 13.8. The van der Waals surface area contributed by atoms with Crippen LogP contribution in [0.3, 0.4) is 0 Å². The predicted molar refractivity (Wildman–Crippen MR) is 41.6 cm³/mol. The molecule has 0 saturated carbocycles. The first-order valence-electron chi connectivity index (χ1n) is 3.61. The van der Waals surface area contributed by atoms with Crippen molar-refractivity contribution in [2.45, 2.75) is 26.4 Å². The predicted octanol–water partition coefficient (Wildman–Crippen LogP) is 0.994. The van der Waals surface area contributed by atoms with Crippen LogP contribution in [0, 0.1) is 0 Å². The van der Waals surface area contributed by atoms with Gasteiger partial charge in [-0.1, -0.05) is 6.92 Å². The SMILES string of the molecule is CCOC(=O)C(CC)O[P+](=O)O. The van der Waals surface area contributed by atoms with E-state index in [-0.39, 0.29) is 6.61 Å². The molecule has 0 rings (SSSR count). The van der Waals surface area contributed by atoms with E-state index >= 15 is 0 Å². The Morgan fingerprint density at radius 3 is 2.50 bits per heavy atom. The molecule has 0 spiro atoms. The molecular weight excluding hydrogens is 183 g/mol. The highest BCUT2D eigenvalue weighted by Gasteiger charge is 2.29. The molecule has 0 amide bonds. The van der Waals surface area contributed by atoms with Gasteiger partial charge in [-0.25, -0.2) is 4.79 Å². The first kappa shape index (κ1) is 11.5. The molecule has 2 atom stereocenters. The molecule has 0 heterocycles. The Kier molecular flexibility index (Phi) is 5.80. The third kappa shape index (κ3) is 4.38. The molecule has 0 saturated heterocycles. The third-order valence-electron chi connectivity index (χ3n) is 1.14. The zero-order valence-electron chi connectivity index (χ0n) is 7.02. The summed E-state index contributed by atoms with van der Waals surface area (Å²) in [6, 6.07) is 0. The van der Waals surface area contributed by atoms with Crippen molar-refractivity contribution in [1.82, 2.24) is 0 Å². The molecule has 0 aliphatic carbocycles. The van der Waals surface area contributed by atoms with E-state index in [1.165, 1.54) is 0 Å². The fourth-order valence-corrected chi connectivity index (χ4v) is 1.08. The van der Waals surface area contributed by atoms with Crippen LogP contribution in [0.1, 0.15) is 20.3 Å². The summed E-state index contributed by atoms with van der Waals surface area (Å²) in [7, 11) is -2.74. The lowest BCUT2D eigenvalue weighted by molar-refractivity contribution is -0.151. The number of rotatable bonds is 5. The smallest absolute Gasteiger partial charge is 0.464 e. The van der Waals surface area contributed by atoms with Crippen LogP contribution in [-0.4, -0.2) is 23.6 Å². The highest BCUT2D eigenvalue weighted by atomic mass is 31.1. The van der Waals surface area contributed by atoms with Crippen LogP contribution in [0.15, 0.2) is 0 Å². The summed E-state index contributed by atoms with van der Waals surface area (Å²) < 4.78 is 19.2. The van der Waals surface area contributed by atoms with Gasteiger partial charge in [-0.05, 0) is 13.3 Å². The molecule has 0 aliphatic heterocycles. The van der Waals surface area contributed by atoms with Gasteiger partial charge in [0.15, 0.2) is 0 Å². The van der Waals surface area contributed by atoms with Crippen molar-refractivity contribution in [3.05, 3.63) is 0 Å². The van der Waals surface area contributed by atoms with Crippen LogP contribution in [0.2, 0.25) is 0 Å². The minimum absolute atomic E-state index is 0.237. The maximum atomic E-state index is 10.9. The highest BCUT2D eigenvalue weighted by Crippen LogP contribution is 2.20. The van der Waals surface area contributed by atoms with Crippen molar-refractivity contribution in [2.75, 3.05) is 6.61 Å². The van der Waals surface area contributed by atoms with Gasteiger partial charge >= 0.3 is 14.2 Å². The van der Waals surface area contributed by atoms with Crippen LogP contribution >= 0.6 is 8.25 Å². The first-order valence-corrected chi connectivity index (χ1v) is 4.74. The summed E-state index contributed by atoms with van der Waals surface area (Å²) in [6.45, 7) is 3.56. The Bertz CT molecular complexity index is 169. The number of esters is 1. The summed E-state index contributed by atoms with van der Waals surface area (Å²) in [5.74, 6) is -0.600. The maximum Gasteiger partial charge on any atom is 0.695 e. The summed E-state index contributed by atoms with van der Waals surface area (Å²) in [4.78, 5) is 19.3. The molecule has 0 fully saturated rings. The van der Waals surface area contributed by atoms with Crippen molar-refractivity contribution in [2.24, 2.45) is 0 Å². The van der Waals surface area contributed by atoms with Gasteiger partial charge in [0.25, 0.3) is 0 Å². The van der Waals surface area contributed by atoms with Crippen LogP contribution < -0.4 is 0 Å². The van der Waals surface area contributed by atoms with Gasteiger partial charge < -0.3 is 4.74 Å². The van der Waals surface area contributed by atoms with Gasteiger partial charge in [-0.15, -0.1) is 9.42 Å². The Morgan fingerprint density at radius 2 is 2.17 bits per heavy atom. The number of hydrogen-bond acceptors (Lipinski definition) is 4. The Hall–Kier alpha value is -0.510. The summed E-state index contributed by atoms with van der Waals surface area (Å²) in [6.07, 6.45) is -0.612. The zero-order valence-corrected chi connectivity index (χ0v) is 7.91. The van der Waals surface area contributed by atoms with Crippen molar-refractivity contribution in [3.63, 3.8) is 0 Å². The molecule has 0 bridgehead atoms. The molecule has 5 nitrogen and oxygen atoms in total. The number of carbonyl (C=O) groups excluding carboxylic acids is 1. The monoisotopic (exact) mass is 195 g/mol. The average Bonchev–Trinajstić information content (AvgIpc) is 2.00. The van der Waals surface area contributed by atoms with E-state index < -0.39 is 20.3 Å². The molecule has 1 N–H and O–H groups in total. The molecule has 6 heteroatoms. The maximum absolute atomic E-state index is 10.9. The fraction of sp³-hybridized carbons (Fsp3) is 0.833. The Balaban J connectivity index is 3.96. The quantitative estimate of drug-likeness (QED) is 0.523. The van der Waals surface area contributed by atoms with Gasteiger partial charge in [0.2, 0.25) is 6.10 Å². The molecule has 2 unspecified atom stereocenters. The van der Waals surface area contributed by atoms with E-state index in [4.69, 9.17) is 4.89 Å². The molecule has 0 radical (unpaired) electrons. The molecule has 0 aliphatic rings. The minimum atomic E-state index is -2.74.